The molecule has 2 rings (SSSR count). The lowest BCUT2D eigenvalue weighted by atomic mass is 10.1. The molecule has 1 aromatic rings. The summed E-state index contributed by atoms with van der Waals surface area (Å²) >= 11 is 0. The minimum Gasteiger partial charge on any atom is -0.494 e. The first-order chi connectivity index (χ1) is 12.0. The van der Waals surface area contributed by atoms with E-state index in [-0.39, 0.29) is 5.69 Å². The third-order valence-corrected chi connectivity index (χ3v) is 3.11. The van der Waals surface area contributed by atoms with Crippen molar-refractivity contribution < 1.29 is 23.9 Å². The predicted octanol–water partition coefficient (Wildman–Crippen LogP) is 2.39. The Hall–Kier alpha value is -2.29. The van der Waals surface area contributed by atoms with Crippen molar-refractivity contribution in [1.82, 2.24) is 5.32 Å². The molecule has 138 valence electrons. The zero-order valence-electron chi connectivity index (χ0n) is 14.5. The number of carbonyl (C=O) groups is 1. The summed E-state index contributed by atoms with van der Waals surface area (Å²) in [6.07, 6.45) is 0.899. The van der Waals surface area contributed by atoms with E-state index in [4.69, 9.17) is 14.2 Å². The number of aldehydes is 1. The molecule has 0 unspecified atom stereocenters. The molecule has 0 spiro atoms. The van der Waals surface area contributed by atoms with Gasteiger partial charge in [-0.1, -0.05) is 6.58 Å². The molecule has 1 aliphatic rings. The lowest BCUT2D eigenvalue weighted by molar-refractivity contribution is -0.386. The lowest BCUT2D eigenvalue weighted by Crippen LogP contribution is -2.11. The number of nitro groups is 1. The average molecular weight is 352 g/mol. The third kappa shape index (κ3) is 7.42. The zero-order valence-corrected chi connectivity index (χ0v) is 14.5. The van der Waals surface area contributed by atoms with E-state index in [9.17, 15) is 14.9 Å². The van der Waals surface area contributed by atoms with E-state index >= 15 is 0 Å². The first-order valence-electron chi connectivity index (χ1n) is 7.89. The van der Waals surface area contributed by atoms with Crippen LogP contribution in [-0.4, -0.2) is 44.6 Å². The van der Waals surface area contributed by atoms with Crippen molar-refractivity contribution in [3.63, 3.8) is 0 Å². The fourth-order valence-corrected chi connectivity index (χ4v) is 1.95. The van der Waals surface area contributed by atoms with Gasteiger partial charge in [-0.3, -0.25) is 14.9 Å². The molecule has 0 amide bonds. The summed E-state index contributed by atoms with van der Waals surface area (Å²) in [5.41, 5.74) is 0.961. The molecule has 0 bridgehead atoms. The number of hydrogen-bond donors (Lipinski definition) is 1. The fourth-order valence-electron chi connectivity index (χ4n) is 1.95. The Morgan fingerprint density at radius 1 is 1.48 bits per heavy atom. The minimum absolute atomic E-state index is 0.0144. The Labute approximate surface area is 146 Å². The molecule has 1 heterocycles. The molecule has 0 aromatic heterocycles. The van der Waals surface area contributed by atoms with Gasteiger partial charge in [-0.15, -0.1) is 0 Å². The minimum atomic E-state index is -0.684. The van der Waals surface area contributed by atoms with Gasteiger partial charge in [0.1, 0.15) is 12.0 Å². The topological polar surface area (TPSA) is 99.9 Å². The summed E-state index contributed by atoms with van der Waals surface area (Å²) in [6, 6.07) is 4.64. The second kappa shape index (κ2) is 11.3. The zero-order chi connectivity index (χ0) is 18.7. The second-order valence-electron chi connectivity index (χ2n) is 5.32. The lowest BCUT2D eigenvalue weighted by Gasteiger charge is -2.12. The Morgan fingerprint density at radius 3 is 2.64 bits per heavy atom. The van der Waals surface area contributed by atoms with Crippen LogP contribution >= 0.6 is 0 Å². The third-order valence-electron chi connectivity index (χ3n) is 3.11. The average Bonchev–Trinajstić information content (AvgIpc) is 3.13. The van der Waals surface area contributed by atoms with Crippen molar-refractivity contribution in [3.05, 3.63) is 46.0 Å². The molecule has 1 aromatic carbocycles. The van der Waals surface area contributed by atoms with Crippen molar-refractivity contribution >= 4 is 12.0 Å². The molecule has 0 atom stereocenters. The molecule has 8 heteroatoms. The van der Waals surface area contributed by atoms with Gasteiger partial charge >= 0.3 is 0 Å². The Kier molecular flexibility index (Phi) is 9.38. The molecule has 1 saturated heterocycles. The van der Waals surface area contributed by atoms with Crippen molar-refractivity contribution in [3.8, 4) is 5.75 Å². The van der Waals surface area contributed by atoms with Gasteiger partial charge in [0, 0.05) is 6.07 Å². The van der Waals surface area contributed by atoms with Gasteiger partial charge in [0.25, 0.3) is 5.69 Å². The standard InChI is InChI=1S/C13H18N2O5.C4H6O/c1-14-5-2-6-18-10-3-4-12(15(16)17)11(9-10)13-19-7-8-20-13;1-4(2)3-5/h3-4,9,13-14H,2,5-8H2,1H3;3H,1H2,2H3. The van der Waals surface area contributed by atoms with E-state index < -0.39 is 11.2 Å². The van der Waals surface area contributed by atoms with E-state index in [1.807, 2.05) is 7.05 Å². The Morgan fingerprint density at radius 2 is 2.12 bits per heavy atom. The molecular formula is C17H24N2O6. The van der Waals surface area contributed by atoms with Crippen molar-refractivity contribution in [2.24, 2.45) is 0 Å². The molecule has 8 nitrogen and oxygen atoms in total. The van der Waals surface area contributed by atoms with E-state index in [1.54, 1.807) is 19.1 Å². The van der Waals surface area contributed by atoms with E-state index in [0.717, 1.165) is 19.3 Å². The van der Waals surface area contributed by atoms with Gasteiger partial charge in [-0.25, -0.2) is 0 Å². The fraction of sp³-hybridized carbons (Fsp3) is 0.471. The van der Waals surface area contributed by atoms with Crippen LogP contribution in [0.1, 0.15) is 25.2 Å². The number of nitrogens with zero attached hydrogens (tertiary/aromatic N) is 1. The summed E-state index contributed by atoms with van der Waals surface area (Å²) < 4.78 is 16.2. The number of allylic oxidation sites excluding steroid dienone is 1. The van der Waals surface area contributed by atoms with Gasteiger partial charge in [0.05, 0.1) is 30.3 Å². The monoisotopic (exact) mass is 352 g/mol. The predicted molar refractivity (Wildman–Crippen MR) is 92.7 cm³/mol. The number of hydrogen-bond acceptors (Lipinski definition) is 7. The second-order valence-corrected chi connectivity index (χ2v) is 5.32. The van der Waals surface area contributed by atoms with Gasteiger partial charge in [0.2, 0.25) is 0 Å². The van der Waals surface area contributed by atoms with Crippen LogP contribution in [0.2, 0.25) is 0 Å². The highest BCUT2D eigenvalue weighted by atomic mass is 16.7. The molecular weight excluding hydrogens is 328 g/mol. The van der Waals surface area contributed by atoms with Crippen LogP contribution in [0.25, 0.3) is 0 Å². The Balaban J connectivity index is 0.000000550. The smallest absolute Gasteiger partial charge is 0.277 e. The van der Waals surface area contributed by atoms with Crippen LogP contribution in [-0.2, 0) is 14.3 Å². The van der Waals surface area contributed by atoms with Crippen LogP contribution in [0.3, 0.4) is 0 Å². The summed E-state index contributed by atoms with van der Waals surface area (Å²) in [5, 5.41) is 14.1. The molecule has 25 heavy (non-hydrogen) atoms. The molecule has 0 radical (unpaired) electrons. The summed E-state index contributed by atoms with van der Waals surface area (Å²) in [4.78, 5) is 20.0. The van der Waals surface area contributed by atoms with Crippen LogP contribution in [0.4, 0.5) is 5.69 Å². The highest BCUT2D eigenvalue weighted by Gasteiger charge is 2.27. The quantitative estimate of drug-likeness (QED) is 0.252. The molecule has 0 saturated carbocycles. The van der Waals surface area contributed by atoms with Crippen LogP contribution < -0.4 is 10.1 Å². The molecule has 1 N–H and O–H groups in total. The SMILES string of the molecule is C=C(C)C=O.CNCCCOc1ccc([N+](=O)[O-])c(C2OCCO2)c1. The van der Waals surface area contributed by atoms with Gasteiger partial charge in [-0.2, -0.15) is 0 Å². The molecule has 0 aliphatic carbocycles. The number of ether oxygens (including phenoxy) is 3. The Bertz CT molecular complexity index is 585. The van der Waals surface area contributed by atoms with Crippen molar-refractivity contribution in [2.45, 2.75) is 19.6 Å². The number of nitro benzene ring substituents is 1. The van der Waals surface area contributed by atoms with Gasteiger partial charge in [0.15, 0.2) is 6.29 Å². The summed E-state index contributed by atoms with van der Waals surface area (Å²) in [7, 11) is 1.87. The highest BCUT2D eigenvalue weighted by molar-refractivity contribution is 5.70. The number of carbonyl (C=O) groups excluding carboxylic acids is 1. The van der Waals surface area contributed by atoms with Crippen LogP contribution in [0.5, 0.6) is 5.75 Å². The summed E-state index contributed by atoms with van der Waals surface area (Å²) in [6.45, 7) is 7.25. The number of rotatable bonds is 8. The molecule has 1 aliphatic heterocycles. The molecule has 1 fully saturated rings. The normalized spacial score (nSPS) is 13.7. The van der Waals surface area contributed by atoms with Crippen molar-refractivity contribution in [1.29, 1.82) is 0 Å². The maximum absolute atomic E-state index is 11.0. The van der Waals surface area contributed by atoms with E-state index in [0.29, 0.717) is 36.7 Å². The van der Waals surface area contributed by atoms with E-state index in [1.165, 1.54) is 6.07 Å². The number of benzene rings is 1. The summed E-state index contributed by atoms with van der Waals surface area (Å²) in [5.74, 6) is 0.584. The highest BCUT2D eigenvalue weighted by Crippen LogP contribution is 2.33. The maximum atomic E-state index is 11.0. The van der Waals surface area contributed by atoms with Crippen molar-refractivity contribution in [2.75, 3.05) is 33.4 Å². The van der Waals surface area contributed by atoms with Gasteiger partial charge < -0.3 is 19.5 Å². The number of nitrogens with one attached hydrogen (secondary N) is 1. The van der Waals surface area contributed by atoms with Crippen LogP contribution in [0, 0.1) is 10.1 Å². The van der Waals surface area contributed by atoms with E-state index in [2.05, 4.69) is 11.9 Å². The first kappa shape index (κ1) is 20.8. The van der Waals surface area contributed by atoms with Crippen LogP contribution in [0.15, 0.2) is 30.4 Å². The maximum Gasteiger partial charge on any atom is 0.277 e. The first-order valence-corrected chi connectivity index (χ1v) is 7.89. The largest absolute Gasteiger partial charge is 0.494 e. The van der Waals surface area contributed by atoms with Gasteiger partial charge in [-0.05, 0) is 44.6 Å².